The number of carbonyl (C=O) groups is 3. The SMILES string of the molecule is CCOC(=O)N1CCN(C(=O)CCN(C[C@H]2CCCO2)C(=O)c2ccoc2)CC1. The number of ether oxygens (including phenoxy) is 2. The van der Waals surface area contributed by atoms with Gasteiger partial charge in [0.15, 0.2) is 0 Å². The lowest BCUT2D eigenvalue weighted by Crippen LogP contribution is -2.51. The highest BCUT2D eigenvalue weighted by Crippen LogP contribution is 2.16. The zero-order valence-corrected chi connectivity index (χ0v) is 16.9. The molecular weight excluding hydrogens is 378 g/mol. The largest absolute Gasteiger partial charge is 0.472 e. The molecule has 0 saturated carbocycles. The first kappa shape index (κ1) is 21.2. The van der Waals surface area contributed by atoms with Crippen LogP contribution in [0.15, 0.2) is 23.0 Å². The van der Waals surface area contributed by atoms with Gasteiger partial charge in [-0.05, 0) is 25.8 Å². The summed E-state index contributed by atoms with van der Waals surface area (Å²) in [6.07, 6.45) is 4.69. The van der Waals surface area contributed by atoms with Crippen LogP contribution in [0.4, 0.5) is 4.79 Å². The van der Waals surface area contributed by atoms with Gasteiger partial charge in [-0.2, -0.15) is 0 Å². The van der Waals surface area contributed by atoms with Gasteiger partial charge in [-0.15, -0.1) is 0 Å². The third kappa shape index (κ3) is 5.72. The molecule has 1 aromatic rings. The van der Waals surface area contributed by atoms with Crippen LogP contribution in [-0.4, -0.2) is 91.2 Å². The van der Waals surface area contributed by atoms with E-state index in [1.165, 1.54) is 12.5 Å². The summed E-state index contributed by atoms with van der Waals surface area (Å²) < 4.78 is 15.7. The van der Waals surface area contributed by atoms with Crippen LogP contribution in [0.25, 0.3) is 0 Å². The Labute approximate surface area is 170 Å². The zero-order chi connectivity index (χ0) is 20.6. The van der Waals surface area contributed by atoms with Crippen molar-refractivity contribution in [3.05, 3.63) is 24.2 Å². The van der Waals surface area contributed by atoms with Crippen molar-refractivity contribution in [1.82, 2.24) is 14.7 Å². The number of carbonyl (C=O) groups excluding carboxylic acids is 3. The number of piperazine rings is 1. The van der Waals surface area contributed by atoms with Crippen LogP contribution in [0.2, 0.25) is 0 Å². The Hall–Kier alpha value is -2.55. The molecule has 3 amide bonds. The van der Waals surface area contributed by atoms with E-state index in [0.29, 0.717) is 58.0 Å². The van der Waals surface area contributed by atoms with E-state index in [2.05, 4.69) is 0 Å². The fourth-order valence-corrected chi connectivity index (χ4v) is 3.62. The first-order valence-corrected chi connectivity index (χ1v) is 10.2. The smallest absolute Gasteiger partial charge is 0.409 e. The van der Waals surface area contributed by atoms with Crippen molar-refractivity contribution in [2.45, 2.75) is 32.3 Å². The Morgan fingerprint density at radius 1 is 1.21 bits per heavy atom. The molecule has 160 valence electrons. The first-order chi connectivity index (χ1) is 14.1. The molecule has 0 spiro atoms. The Kier molecular flexibility index (Phi) is 7.51. The van der Waals surface area contributed by atoms with Gasteiger partial charge in [0, 0.05) is 52.3 Å². The minimum absolute atomic E-state index is 0.00840. The fraction of sp³-hybridized carbons (Fsp3) is 0.650. The van der Waals surface area contributed by atoms with Crippen LogP contribution in [0.1, 0.15) is 36.5 Å². The van der Waals surface area contributed by atoms with E-state index in [1.807, 2.05) is 0 Å². The molecule has 2 aliphatic rings. The summed E-state index contributed by atoms with van der Waals surface area (Å²) >= 11 is 0. The molecular formula is C20H29N3O6. The van der Waals surface area contributed by atoms with Gasteiger partial charge in [-0.3, -0.25) is 9.59 Å². The van der Waals surface area contributed by atoms with Crippen LogP contribution in [0, 0.1) is 0 Å². The van der Waals surface area contributed by atoms with E-state index in [-0.39, 0.29) is 30.4 Å². The zero-order valence-electron chi connectivity index (χ0n) is 16.9. The van der Waals surface area contributed by atoms with Crippen LogP contribution >= 0.6 is 0 Å². The standard InChI is InChI=1S/C20H29N3O6/c1-2-28-20(26)22-10-8-21(9-11-22)18(24)5-7-23(14-17-4-3-12-29-17)19(25)16-6-13-27-15-16/h6,13,15,17H,2-5,7-12,14H2,1H3/t17-/m1/s1. The Balaban J connectivity index is 1.51. The third-order valence-corrected chi connectivity index (χ3v) is 5.26. The first-order valence-electron chi connectivity index (χ1n) is 10.2. The summed E-state index contributed by atoms with van der Waals surface area (Å²) in [6, 6.07) is 1.63. The van der Waals surface area contributed by atoms with Crippen LogP contribution < -0.4 is 0 Å². The van der Waals surface area contributed by atoms with Gasteiger partial charge in [-0.25, -0.2) is 4.79 Å². The summed E-state index contributed by atoms with van der Waals surface area (Å²) in [6.45, 7) is 5.46. The monoisotopic (exact) mass is 407 g/mol. The highest BCUT2D eigenvalue weighted by molar-refractivity contribution is 5.94. The van der Waals surface area contributed by atoms with Crippen molar-refractivity contribution >= 4 is 17.9 Å². The predicted molar refractivity (Wildman–Crippen MR) is 103 cm³/mol. The van der Waals surface area contributed by atoms with E-state index >= 15 is 0 Å². The van der Waals surface area contributed by atoms with Gasteiger partial charge in [0.05, 0.1) is 24.5 Å². The summed E-state index contributed by atoms with van der Waals surface area (Å²) in [5.74, 6) is -0.181. The van der Waals surface area contributed by atoms with E-state index in [4.69, 9.17) is 13.9 Å². The maximum atomic E-state index is 12.8. The summed E-state index contributed by atoms with van der Waals surface area (Å²) in [5, 5.41) is 0. The predicted octanol–water partition coefficient (Wildman–Crippen LogP) is 1.59. The molecule has 0 N–H and O–H groups in total. The molecule has 2 saturated heterocycles. The molecule has 0 bridgehead atoms. The minimum Gasteiger partial charge on any atom is -0.472 e. The van der Waals surface area contributed by atoms with Crippen LogP contribution in [0.3, 0.4) is 0 Å². The molecule has 9 heteroatoms. The van der Waals surface area contributed by atoms with Gasteiger partial charge < -0.3 is 28.6 Å². The van der Waals surface area contributed by atoms with Gasteiger partial charge in [0.1, 0.15) is 6.26 Å². The average molecular weight is 407 g/mol. The third-order valence-electron chi connectivity index (χ3n) is 5.26. The summed E-state index contributed by atoms with van der Waals surface area (Å²) in [4.78, 5) is 42.2. The number of amides is 3. The van der Waals surface area contributed by atoms with E-state index in [0.717, 1.165) is 12.8 Å². The van der Waals surface area contributed by atoms with Crippen molar-refractivity contribution in [2.75, 3.05) is 52.5 Å². The molecule has 2 aliphatic heterocycles. The van der Waals surface area contributed by atoms with Crippen molar-refractivity contribution < 1.29 is 28.3 Å². The second-order valence-electron chi connectivity index (χ2n) is 7.21. The molecule has 1 atom stereocenters. The molecule has 2 fully saturated rings. The van der Waals surface area contributed by atoms with Crippen molar-refractivity contribution in [1.29, 1.82) is 0 Å². The topological polar surface area (TPSA) is 92.5 Å². The molecule has 0 unspecified atom stereocenters. The average Bonchev–Trinajstić information content (AvgIpc) is 3.45. The number of furan rings is 1. The van der Waals surface area contributed by atoms with Crippen molar-refractivity contribution in [3.8, 4) is 0 Å². The number of rotatable bonds is 7. The van der Waals surface area contributed by atoms with E-state index < -0.39 is 0 Å². The van der Waals surface area contributed by atoms with Gasteiger partial charge in [0.25, 0.3) is 5.91 Å². The fourth-order valence-electron chi connectivity index (χ4n) is 3.62. The van der Waals surface area contributed by atoms with E-state index in [1.54, 1.807) is 27.7 Å². The van der Waals surface area contributed by atoms with Crippen molar-refractivity contribution in [3.63, 3.8) is 0 Å². The Morgan fingerprint density at radius 2 is 1.97 bits per heavy atom. The van der Waals surface area contributed by atoms with Gasteiger partial charge in [0.2, 0.25) is 5.91 Å². The number of nitrogens with zero attached hydrogens (tertiary/aromatic N) is 3. The maximum Gasteiger partial charge on any atom is 0.409 e. The lowest BCUT2D eigenvalue weighted by molar-refractivity contribution is -0.133. The molecule has 0 aromatic carbocycles. The van der Waals surface area contributed by atoms with Crippen LogP contribution in [0.5, 0.6) is 0 Å². The highest BCUT2D eigenvalue weighted by Gasteiger charge is 2.27. The van der Waals surface area contributed by atoms with Crippen molar-refractivity contribution in [2.24, 2.45) is 0 Å². The molecule has 3 rings (SSSR count). The lowest BCUT2D eigenvalue weighted by atomic mass is 10.2. The molecule has 29 heavy (non-hydrogen) atoms. The molecule has 9 nitrogen and oxygen atoms in total. The lowest BCUT2D eigenvalue weighted by Gasteiger charge is -2.34. The molecule has 1 aromatic heterocycles. The highest BCUT2D eigenvalue weighted by atomic mass is 16.6. The summed E-state index contributed by atoms with van der Waals surface area (Å²) in [7, 11) is 0. The number of hydrogen-bond donors (Lipinski definition) is 0. The summed E-state index contributed by atoms with van der Waals surface area (Å²) in [5.41, 5.74) is 0.471. The second kappa shape index (κ2) is 10.3. The Bertz CT molecular complexity index is 678. The minimum atomic E-state index is -0.340. The molecule has 0 aliphatic carbocycles. The Morgan fingerprint density at radius 3 is 2.59 bits per heavy atom. The maximum absolute atomic E-state index is 12.8. The second-order valence-corrected chi connectivity index (χ2v) is 7.21. The number of hydrogen-bond acceptors (Lipinski definition) is 6. The van der Waals surface area contributed by atoms with Gasteiger partial charge >= 0.3 is 6.09 Å². The van der Waals surface area contributed by atoms with Gasteiger partial charge in [-0.1, -0.05) is 0 Å². The normalized spacial score (nSPS) is 19.3. The molecule has 3 heterocycles. The van der Waals surface area contributed by atoms with E-state index in [9.17, 15) is 14.4 Å². The van der Waals surface area contributed by atoms with Crippen LogP contribution in [-0.2, 0) is 14.3 Å². The molecule has 0 radical (unpaired) electrons. The quantitative estimate of drug-likeness (QED) is 0.682.